The number of halogens is 2. The van der Waals surface area contributed by atoms with Crippen molar-refractivity contribution in [3.8, 4) is 5.75 Å². The Kier molecular flexibility index (Phi) is 5.03. The zero-order valence-corrected chi connectivity index (χ0v) is 13.1. The molecule has 0 saturated heterocycles. The highest BCUT2D eigenvalue weighted by atomic mass is 19.2. The van der Waals surface area contributed by atoms with Crippen LogP contribution >= 0.6 is 0 Å². The molecule has 0 unspecified atom stereocenters. The van der Waals surface area contributed by atoms with Crippen LogP contribution in [0.15, 0.2) is 54.7 Å². The number of fused-ring (bicyclic) bond motifs is 1. The van der Waals surface area contributed by atoms with E-state index in [1.807, 2.05) is 24.3 Å². The maximum absolute atomic E-state index is 13.0. The van der Waals surface area contributed by atoms with Crippen LogP contribution < -0.4 is 15.4 Å². The monoisotopic (exact) mass is 343 g/mol. The number of ether oxygens (including phenoxy) is 1. The number of aromatic nitrogens is 1. The van der Waals surface area contributed by atoms with Crippen molar-refractivity contribution in [2.45, 2.75) is 0 Å². The number of rotatable bonds is 5. The van der Waals surface area contributed by atoms with Crippen LogP contribution in [-0.2, 0) is 0 Å². The van der Waals surface area contributed by atoms with Gasteiger partial charge in [-0.05, 0) is 24.3 Å². The summed E-state index contributed by atoms with van der Waals surface area (Å²) >= 11 is 0. The van der Waals surface area contributed by atoms with E-state index in [4.69, 9.17) is 4.74 Å². The van der Waals surface area contributed by atoms with E-state index >= 15 is 0 Å². The molecule has 25 heavy (non-hydrogen) atoms. The molecule has 3 aromatic rings. The van der Waals surface area contributed by atoms with Crippen molar-refractivity contribution < 1.29 is 18.3 Å². The first-order valence-corrected chi connectivity index (χ1v) is 7.60. The molecule has 7 heteroatoms. The molecule has 2 aromatic carbocycles. The van der Waals surface area contributed by atoms with Gasteiger partial charge in [-0.25, -0.2) is 13.6 Å². The zero-order chi connectivity index (χ0) is 17.6. The minimum Gasteiger partial charge on any atom is -0.492 e. The average Bonchev–Trinajstić information content (AvgIpc) is 2.62. The maximum atomic E-state index is 13.0. The lowest BCUT2D eigenvalue weighted by atomic mass is 10.2. The van der Waals surface area contributed by atoms with Gasteiger partial charge in [0.05, 0.1) is 17.7 Å². The molecule has 5 nitrogen and oxygen atoms in total. The van der Waals surface area contributed by atoms with Gasteiger partial charge in [0.2, 0.25) is 0 Å². The Hall–Kier alpha value is -3.22. The molecule has 2 N–H and O–H groups in total. The van der Waals surface area contributed by atoms with Crippen LogP contribution in [-0.4, -0.2) is 24.2 Å². The largest absolute Gasteiger partial charge is 0.492 e. The molecular formula is C18H15F2N3O2. The molecule has 0 saturated carbocycles. The van der Waals surface area contributed by atoms with Gasteiger partial charge >= 0.3 is 6.03 Å². The highest BCUT2D eigenvalue weighted by Crippen LogP contribution is 2.20. The van der Waals surface area contributed by atoms with E-state index in [1.54, 1.807) is 12.3 Å². The summed E-state index contributed by atoms with van der Waals surface area (Å²) in [6.07, 6.45) is 1.65. The van der Waals surface area contributed by atoms with Crippen molar-refractivity contribution in [3.05, 3.63) is 66.4 Å². The molecule has 128 valence electrons. The molecular weight excluding hydrogens is 328 g/mol. The summed E-state index contributed by atoms with van der Waals surface area (Å²) in [4.78, 5) is 16.2. The third-order valence-electron chi connectivity index (χ3n) is 3.43. The van der Waals surface area contributed by atoms with Gasteiger partial charge in [0.25, 0.3) is 0 Å². The first-order chi connectivity index (χ1) is 12.1. The predicted octanol–water partition coefficient (Wildman–Crippen LogP) is 3.71. The lowest BCUT2D eigenvalue weighted by molar-refractivity contribution is 0.247. The van der Waals surface area contributed by atoms with Crippen LogP contribution in [0.4, 0.5) is 19.3 Å². The van der Waals surface area contributed by atoms with Crippen molar-refractivity contribution >= 4 is 22.6 Å². The number of para-hydroxylation sites is 1. The molecule has 3 rings (SSSR count). The van der Waals surface area contributed by atoms with E-state index in [0.29, 0.717) is 11.2 Å². The van der Waals surface area contributed by atoms with Gasteiger partial charge in [0.15, 0.2) is 11.6 Å². The second kappa shape index (κ2) is 7.57. The minimum absolute atomic E-state index is 0.117. The van der Waals surface area contributed by atoms with Crippen LogP contribution in [0.1, 0.15) is 0 Å². The standard InChI is InChI=1S/C18H15F2N3O2/c19-14-7-6-13(11-15(14)20)25-10-9-22-18(24)23-16-5-1-3-12-4-2-8-21-17(12)16/h1-8,11H,9-10H2,(H2,22,23,24). The summed E-state index contributed by atoms with van der Waals surface area (Å²) < 4.78 is 31.1. The molecule has 0 atom stereocenters. The predicted molar refractivity (Wildman–Crippen MR) is 90.6 cm³/mol. The van der Waals surface area contributed by atoms with Crippen LogP contribution in [0.25, 0.3) is 10.9 Å². The normalized spacial score (nSPS) is 10.5. The molecule has 0 aliphatic rings. The number of amides is 2. The lowest BCUT2D eigenvalue weighted by Gasteiger charge is -2.10. The third kappa shape index (κ3) is 4.20. The number of hydrogen-bond acceptors (Lipinski definition) is 3. The van der Waals surface area contributed by atoms with Crippen molar-refractivity contribution in [3.63, 3.8) is 0 Å². The molecule has 0 aliphatic carbocycles. The fourth-order valence-electron chi connectivity index (χ4n) is 2.27. The number of urea groups is 1. The van der Waals surface area contributed by atoms with Crippen molar-refractivity contribution in [2.75, 3.05) is 18.5 Å². The van der Waals surface area contributed by atoms with E-state index in [1.165, 1.54) is 6.07 Å². The number of carbonyl (C=O) groups is 1. The Morgan fingerprint density at radius 3 is 2.76 bits per heavy atom. The van der Waals surface area contributed by atoms with Gasteiger partial charge in [-0.1, -0.05) is 18.2 Å². The molecule has 0 aliphatic heterocycles. The molecule has 0 radical (unpaired) electrons. The number of hydrogen-bond donors (Lipinski definition) is 2. The Balaban J connectivity index is 1.50. The first-order valence-electron chi connectivity index (χ1n) is 7.60. The zero-order valence-electron chi connectivity index (χ0n) is 13.1. The van der Waals surface area contributed by atoms with Crippen LogP contribution in [0.5, 0.6) is 5.75 Å². The number of benzene rings is 2. The Bertz CT molecular complexity index is 897. The Morgan fingerprint density at radius 1 is 1.08 bits per heavy atom. The van der Waals surface area contributed by atoms with Gasteiger partial charge in [-0.2, -0.15) is 0 Å². The van der Waals surface area contributed by atoms with Gasteiger partial charge in [0.1, 0.15) is 12.4 Å². The number of nitrogens with one attached hydrogen (secondary N) is 2. The van der Waals surface area contributed by atoms with E-state index in [2.05, 4.69) is 15.6 Å². The number of anilines is 1. The van der Waals surface area contributed by atoms with Crippen molar-refractivity contribution in [2.24, 2.45) is 0 Å². The molecule has 0 bridgehead atoms. The highest BCUT2D eigenvalue weighted by Gasteiger charge is 2.06. The maximum Gasteiger partial charge on any atom is 0.319 e. The SMILES string of the molecule is O=C(NCCOc1ccc(F)c(F)c1)Nc1cccc2cccnc12. The number of nitrogens with zero attached hydrogens (tertiary/aromatic N) is 1. The molecule has 0 spiro atoms. The molecule has 0 fully saturated rings. The fourth-order valence-corrected chi connectivity index (χ4v) is 2.27. The fraction of sp³-hybridized carbons (Fsp3) is 0.111. The van der Waals surface area contributed by atoms with Crippen LogP contribution in [0.2, 0.25) is 0 Å². The Morgan fingerprint density at radius 2 is 1.92 bits per heavy atom. The summed E-state index contributed by atoms with van der Waals surface area (Å²) in [5.41, 5.74) is 1.29. The topological polar surface area (TPSA) is 63.2 Å². The summed E-state index contributed by atoms with van der Waals surface area (Å²) in [5, 5.41) is 6.26. The van der Waals surface area contributed by atoms with Crippen molar-refractivity contribution in [1.82, 2.24) is 10.3 Å². The minimum atomic E-state index is -0.980. The summed E-state index contributed by atoms with van der Waals surface area (Å²) in [6.45, 7) is 0.315. The number of pyridine rings is 1. The first kappa shape index (κ1) is 16.6. The smallest absolute Gasteiger partial charge is 0.319 e. The lowest BCUT2D eigenvalue weighted by Crippen LogP contribution is -2.32. The second-order valence-electron chi connectivity index (χ2n) is 5.19. The van der Waals surface area contributed by atoms with E-state index in [9.17, 15) is 13.6 Å². The quantitative estimate of drug-likeness (QED) is 0.694. The average molecular weight is 343 g/mol. The third-order valence-corrected chi connectivity index (χ3v) is 3.43. The molecule has 2 amide bonds. The summed E-state index contributed by atoms with van der Waals surface area (Å²) in [7, 11) is 0. The second-order valence-corrected chi connectivity index (χ2v) is 5.19. The van der Waals surface area contributed by atoms with Gasteiger partial charge < -0.3 is 15.4 Å². The highest BCUT2D eigenvalue weighted by molar-refractivity contribution is 5.99. The summed E-state index contributed by atoms with van der Waals surface area (Å²) in [5.74, 6) is -1.72. The summed E-state index contributed by atoms with van der Waals surface area (Å²) in [6, 6.07) is 12.1. The van der Waals surface area contributed by atoms with E-state index in [-0.39, 0.29) is 18.9 Å². The van der Waals surface area contributed by atoms with Crippen molar-refractivity contribution in [1.29, 1.82) is 0 Å². The van der Waals surface area contributed by atoms with Crippen LogP contribution in [0.3, 0.4) is 0 Å². The van der Waals surface area contributed by atoms with Gasteiger partial charge in [-0.3, -0.25) is 4.98 Å². The van der Waals surface area contributed by atoms with Crippen LogP contribution in [0, 0.1) is 11.6 Å². The van der Waals surface area contributed by atoms with Gasteiger partial charge in [-0.15, -0.1) is 0 Å². The number of carbonyl (C=O) groups excluding carboxylic acids is 1. The van der Waals surface area contributed by atoms with E-state index in [0.717, 1.165) is 17.5 Å². The van der Waals surface area contributed by atoms with E-state index < -0.39 is 17.7 Å². The van der Waals surface area contributed by atoms with Gasteiger partial charge in [0, 0.05) is 17.6 Å². The molecule has 1 heterocycles. The molecule has 1 aromatic heterocycles. The Labute approximate surface area is 142 Å².